The quantitative estimate of drug-likeness (QED) is 0.580. The molecule has 1 heterocycles. The lowest BCUT2D eigenvalue weighted by molar-refractivity contribution is -0.146. The Kier molecular flexibility index (Phi) is 1.85. The largest absolute Gasteiger partial charge is 0.480 e. The Hall–Kier alpha value is -1.06. The summed E-state index contributed by atoms with van der Waals surface area (Å²) >= 11 is 0. The van der Waals surface area contributed by atoms with E-state index in [9.17, 15) is 9.59 Å². The molecule has 0 aliphatic carbocycles. The van der Waals surface area contributed by atoms with Crippen molar-refractivity contribution in [2.75, 3.05) is 7.05 Å². The molecule has 11 heavy (non-hydrogen) atoms. The standard InChI is InChI=1S/C7H11NO3/c1-4-3-5(9)8(2)6(4)7(10)11/h4,6H,3H2,1-2H3,(H,10,11). The van der Waals surface area contributed by atoms with Gasteiger partial charge in [-0.25, -0.2) is 4.79 Å². The van der Waals surface area contributed by atoms with Gasteiger partial charge in [-0.2, -0.15) is 0 Å². The van der Waals surface area contributed by atoms with E-state index in [0.717, 1.165) is 0 Å². The number of carbonyl (C=O) groups excluding carboxylic acids is 1. The fourth-order valence-electron chi connectivity index (χ4n) is 1.48. The van der Waals surface area contributed by atoms with Gasteiger partial charge in [0.15, 0.2) is 0 Å². The average Bonchev–Trinajstić information content (AvgIpc) is 2.07. The number of aliphatic carboxylic acids is 1. The monoisotopic (exact) mass is 157 g/mol. The molecule has 62 valence electrons. The van der Waals surface area contributed by atoms with E-state index in [4.69, 9.17) is 5.11 Å². The summed E-state index contributed by atoms with van der Waals surface area (Å²) in [5.41, 5.74) is 0. The molecule has 0 saturated carbocycles. The lowest BCUT2D eigenvalue weighted by Crippen LogP contribution is -2.37. The third-order valence-corrected chi connectivity index (χ3v) is 2.10. The highest BCUT2D eigenvalue weighted by atomic mass is 16.4. The van der Waals surface area contributed by atoms with Crippen molar-refractivity contribution in [2.45, 2.75) is 19.4 Å². The van der Waals surface area contributed by atoms with Crippen LogP contribution in [0.1, 0.15) is 13.3 Å². The second kappa shape index (κ2) is 2.53. The Morgan fingerprint density at radius 3 is 2.45 bits per heavy atom. The summed E-state index contributed by atoms with van der Waals surface area (Å²) in [7, 11) is 1.53. The SMILES string of the molecule is CC1CC(=O)N(C)C1C(=O)O. The zero-order valence-corrected chi connectivity index (χ0v) is 6.57. The number of carbonyl (C=O) groups is 2. The molecule has 1 N–H and O–H groups in total. The summed E-state index contributed by atoms with van der Waals surface area (Å²) in [5.74, 6) is -1.05. The first kappa shape index (κ1) is 8.04. The van der Waals surface area contributed by atoms with Crippen LogP contribution in [-0.2, 0) is 9.59 Å². The van der Waals surface area contributed by atoms with Gasteiger partial charge in [0, 0.05) is 13.5 Å². The van der Waals surface area contributed by atoms with Crippen molar-refractivity contribution in [1.82, 2.24) is 4.90 Å². The lowest BCUT2D eigenvalue weighted by Gasteiger charge is -2.17. The van der Waals surface area contributed by atoms with Gasteiger partial charge in [0.25, 0.3) is 0 Å². The van der Waals surface area contributed by atoms with Crippen LogP contribution in [-0.4, -0.2) is 35.0 Å². The van der Waals surface area contributed by atoms with Crippen molar-refractivity contribution < 1.29 is 14.7 Å². The van der Waals surface area contributed by atoms with Gasteiger partial charge in [-0.15, -0.1) is 0 Å². The third kappa shape index (κ3) is 1.20. The van der Waals surface area contributed by atoms with Crippen LogP contribution in [0.2, 0.25) is 0 Å². The summed E-state index contributed by atoms with van der Waals surface area (Å²) < 4.78 is 0. The number of hydrogen-bond donors (Lipinski definition) is 1. The van der Waals surface area contributed by atoms with Gasteiger partial charge in [-0.05, 0) is 5.92 Å². The predicted molar refractivity (Wildman–Crippen MR) is 38.0 cm³/mol. The molecule has 2 unspecified atom stereocenters. The van der Waals surface area contributed by atoms with Gasteiger partial charge in [-0.3, -0.25) is 4.79 Å². The molecule has 1 aliphatic rings. The number of hydrogen-bond acceptors (Lipinski definition) is 2. The molecule has 0 spiro atoms. The van der Waals surface area contributed by atoms with Crippen molar-refractivity contribution in [2.24, 2.45) is 5.92 Å². The molecule has 4 heteroatoms. The van der Waals surface area contributed by atoms with Crippen LogP contribution in [0.15, 0.2) is 0 Å². The summed E-state index contributed by atoms with van der Waals surface area (Å²) in [6.45, 7) is 1.78. The molecule has 1 saturated heterocycles. The Morgan fingerprint density at radius 2 is 2.27 bits per heavy atom. The van der Waals surface area contributed by atoms with Crippen molar-refractivity contribution in [1.29, 1.82) is 0 Å². The van der Waals surface area contributed by atoms with Crippen LogP contribution in [0.4, 0.5) is 0 Å². The van der Waals surface area contributed by atoms with E-state index < -0.39 is 12.0 Å². The van der Waals surface area contributed by atoms with Crippen LogP contribution >= 0.6 is 0 Å². The maximum absolute atomic E-state index is 11.0. The number of carboxylic acid groups (broad SMARTS) is 1. The van der Waals surface area contributed by atoms with Crippen LogP contribution in [0.25, 0.3) is 0 Å². The first-order valence-electron chi connectivity index (χ1n) is 3.52. The van der Waals surface area contributed by atoms with Crippen molar-refractivity contribution in [3.63, 3.8) is 0 Å². The molecule has 1 amide bonds. The molecule has 1 aliphatic heterocycles. The summed E-state index contributed by atoms with van der Waals surface area (Å²) in [5, 5.41) is 8.68. The Labute approximate surface area is 64.8 Å². The van der Waals surface area contributed by atoms with E-state index in [1.165, 1.54) is 11.9 Å². The third-order valence-electron chi connectivity index (χ3n) is 2.10. The zero-order chi connectivity index (χ0) is 8.59. The highest BCUT2D eigenvalue weighted by molar-refractivity contribution is 5.87. The van der Waals surface area contributed by atoms with E-state index >= 15 is 0 Å². The minimum Gasteiger partial charge on any atom is -0.480 e. The Morgan fingerprint density at radius 1 is 1.73 bits per heavy atom. The number of rotatable bonds is 1. The van der Waals surface area contributed by atoms with Gasteiger partial charge in [0.2, 0.25) is 5.91 Å². The van der Waals surface area contributed by atoms with Crippen molar-refractivity contribution in [3.8, 4) is 0 Å². The number of nitrogens with zero attached hydrogens (tertiary/aromatic N) is 1. The average molecular weight is 157 g/mol. The van der Waals surface area contributed by atoms with Crippen LogP contribution < -0.4 is 0 Å². The molecule has 4 nitrogen and oxygen atoms in total. The molecule has 0 aromatic heterocycles. The zero-order valence-electron chi connectivity index (χ0n) is 6.57. The van der Waals surface area contributed by atoms with E-state index in [0.29, 0.717) is 6.42 Å². The first-order chi connectivity index (χ1) is 5.04. The molecular formula is C7H11NO3. The molecule has 1 fully saturated rings. The summed E-state index contributed by atoms with van der Waals surface area (Å²) in [6, 6.07) is -0.623. The van der Waals surface area contributed by atoms with E-state index in [1.807, 2.05) is 0 Å². The maximum Gasteiger partial charge on any atom is 0.326 e. The fraction of sp³-hybridized carbons (Fsp3) is 0.714. The normalized spacial score (nSPS) is 31.1. The highest BCUT2D eigenvalue weighted by Crippen LogP contribution is 2.23. The molecule has 0 radical (unpaired) electrons. The first-order valence-corrected chi connectivity index (χ1v) is 3.52. The second-order valence-electron chi connectivity index (χ2n) is 2.97. The molecule has 0 bridgehead atoms. The minimum absolute atomic E-state index is 0.0648. The Balaban J connectivity index is 2.79. The molecular weight excluding hydrogens is 146 g/mol. The highest BCUT2D eigenvalue weighted by Gasteiger charge is 2.39. The smallest absolute Gasteiger partial charge is 0.326 e. The van der Waals surface area contributed by atoms with Crippen LogP contribution in [0, 0.1) is 5.92 Å². The lowest BCUT2D eigenvalue weighted by atomic mass is 10.0. The van der Waals surface area contributed by atoms with Gasteiger partial charge in [-0.1, -0.05) is 6.92 Å². The number of likely N-dealkylation sites (N-methyl/N-ethyl adjacent to an activating group) is 1. The Bertz CT molecular complexity index is 202. The van der Waals surface area contributed by atoms with Gasteiger partial charge in [0.1, 0.15) is 6.04 Å². The van der Waals surface area contributed by atoms with Gasteiger partial charge >= 0.3 is 5.97 Å². The minimum atomic E-state index is -0.911. The van der Waals surface area contributed by atoms with Crippen LogP contribution in [0.3, 0.4) is 0 Å². The number of likely N-dealkylation sites (tertiary alicyclic amines) is 1. The summed E-state index contributed by atoms with van der Waals surface area (Å²) in [6.07, 6.45) is 0.355. The van der Waals surface area contributed by atoms with Gasteiger partial charge in [0.05, 0.1) is 0 Å². The van der Waals surface area contributed by atoms with Crippen LogP contribution in [0.5, 0.6) is 0 Å². The van der Waals surface area contributed by atoms with E-state index in [-0.39, 0.29) is 11.8 Å². The fourth-order valence-corrected chi connectivity index (χ4v) is 1.48. The number of carboxylic acids is 1. The second-order valence-corrected chi connectivity index (χ2v) is 2.97. The molecule has 1 rings (SSSR count). The maximum atomic E-state index is 11.0. The van der Waals surface area contributed by atoms with E-state index in [1.54, 1.807) is 6.92 Å². The molecule has 0 aromatic carbocycles. The predicted octanol–water partition coefficient (Wildman–Crippen LogP) is -0.0622. The molecule has 2 atom stereocenters. The number of amides is 1. The van der Waals surface area contributed by atoms with Crippen molar-refractivity contribution in [3.05, 3.63) is 0 Å². The topological polar surface area (TPSA) is 57.6 Å². The molecule has 0 aromatic rings. The van der Waals surface area contributed by atoms with Crippen molar-refractivity contribution >= 4 is 11.9 Å². The summed E-state index contributed by atoms with van der Waals surface area (Å²) in [4.78, 5) is 22.8. The van der Waals surface area contributed by atoms with Gasteiger partial charge < -0.3 is 10.0 Å². The van der Waals surface area contributed by atoms with E-state index in [2.05, 4.69) is 0 Å².